The van der Waals surface area contributed by atoms with E-state index in [0.29, 0.717) is 24.9 Å². The first kappa shape index (κ1) is 14.3. The molecule has 1 saturated carbocycles. The van der Waals surface area contributed by atoms with Gasteiger partial charge in [-0.05, 0) is 25.0 Å². The maximum atomic E-state index is 6.06. The van der Waals surface area contributed by atoms with Crippen molar-refractivity contribution in [3.8, 4) is 0 Å². The molecule has 1 aliphatic heterocycles. The van der Waals surface area contributed by atoms with E-state index in [9.17, 15) is 0 Å². The summed E-state index contributed by atoms with van der Waals surface area (Å²) in [7, 11) is 0. The Labute approximate surface area is 124 Å². The molecule has 2 fully saturated rings. The van der Waals surface area contributed by atoms with Crippen molar-refractivity contribution in [2.45, 2.75) is 44.0 Å². The molecule has 1 atom stereocenters. The molecule has 1 spiro atoms. The van der Waals surface area contributed by atoms with Crippen LogP contribution in [-0.2, 0) is 9.47 Å². The zero-order valence-electron chi connectivity index (χ0n) is 12.1. The molecule has 3 rings (SSSR count). The van der Waals surface area contributed by atoms with Crippen LogP contribution in [0.2, 0.25) is 0 Å². The highest BCUT2D eigenvalue weighted by atomic mass is 16.7. The molecular weight excluding hydrogens is 268 g/mol. The first-order valence-corrected chi connectivity index (χ1v) is 7.56. The minimum absolute atomic E-state index is 0.00724. The van der Waals surface area contributed by atoms with E-state index >= 15 is 0 Å². The minimum Gasteiger partial charge on any atom is -0.370 e. The highest BCUT2D eigenvalue weighted by Gasteiger charge is 2.41. The van der Waals surface area contributed by atoms with Crippen LogP contribution in [0.3, 0.4) is 0 Å². The largest absolute Gasteiger partial charge is 0.370 e. The van der Waals surface area contributed by atoms with Gasteiger partial charge >= 0.3 is 0 Å². The molecule has 114 valence electrons. The summed E-state index contributed by atoms with van der Waals surface area (Å²) in [5, 5.41) is 2.96. The lowest BCUT2D eigenvalue weighted by Crippen LogP contribution is -2.34. The molecule has 1 aromatic rings. The molecule has 0 bridgehead atoms. The Morgan fingerprint density at radius 1 is 1.38 bits per heavy atom. The Morgan fingerprint density at radius 2 is 2.24 bits per heavy atom. The molecule has 0 radical (unpaired) electrons. The summed E-state index contributed by atoms with van der Waals surface area (Å²) < 4.78 is 11.9. The number of hydrogen-bond acceptors (Lipinski definition) is 4. The third kappa shape index (κ3) is 3.71. The molecule has 1 aliphatic carbocycles. The molecule has 1 unspecified atom stereocenters. The molecule has 3 N–H and O–H groups in total. The number of nitrogens with two attached hydrogens (primary N) is 1. The highest BCUT2D eigenvalue weighted by Crippen LogP contribution is 2.37. The standard InChI is InChI=1S/C15H22N4O2/c16-14(19-13-6-2-5-9-17-13)18-10-12-11-20-15(21-12)7-3-1-4-8-15/h2,5-6,9,12H,1,3-4,7-8,10-11H2,(H3,16,17,18,19). The molecule has 1 aromatic heterocycles. The van der Waals surface area contributed by atoms with Crippen LogP contribution in [0.1, 0.15) is 32.1 Å². The molecule has 0 aromatic carbocycles. The number of nitrogens with one attached hydrogen (secondary N) is 1. The summed E-state index contributed by atoms with van der Waals surface area (Å²) in [5.74, 6) is 0.690. The monoisotopic (exact) mass is 290 g/mol. The molecule has 0 amide bonds. The summed E-state index contributed by atoms with van der Waals surface area (Å²) in [4.78, 5) is 8.46. The zero-order chi connectivity index (χ0) is 14.5. The number of hydrogen-bond donors (Lipinski definition) is 2. The predicted molar refractivity (Wildman–Crippen MR) is 81.0 cm³/mol. The third-order valence-corrected chi connectivity index (χ3v) is 3.92. The van der Waals surface area contributed by atoms with Gasteiger partial charge in [0.2, 0.25) is 0 Å². The first-order valence-electron chi connectivity index (χ1n) is 7.56. The smallest absolute Gasteiger partial charge is 0.194 e. The summed E-state index contributed by atoms with van der Waals surface area (Å²) >= 11 is 0. The van der Waals surface area contributed by atoms with Gasteiger partial charge in [-0.2, -0.15) is 0 Å². The normalized spacial score (nSPS) is 25.1. The summed E-state index contributed by atoms with van der Waals surface area (Å²) in [6, 6.07) is 5.59. The van der Waals surface area contributed by atoms with Crippen LogP contribution in [-0.4, -0.2) is 36.0 Å². The van der Waals surface area contributed by atoms with Gasteiger partial charge in [0, 0.05) is 19.0 Å². The van der Waals surface area contributed by atoms with E-state index in [-0.39, 0.29) is 11.9 Å². The van der Waals surface area contributed by atoms with Crippen molar-refractivity contribution in [1.29, 1.82) is 0 Å². The molecule has 6 heteroatoms. The second kappa shape index (κ2) is 6.41. The molecule has 6 nitrogen and oxygen atoms in total. The van der Waals surface area contributed by atoms with Crippen molar-refractivity contribution < 1.29 is 9.47 Å². The van der Waals surface area contributed by atoms with Gasteiger partial charge in [0.25, 0.3) is 0 Å². The van der Waals surface area contributed by atoms with Crippen molar-refractivity contribution in [3.63, 3.8) is 0 Å². The Kier molecular flexibility index (Phi) is 4.36. The lowest BCUT2D eigenvalue weighted by molar-refractivity contribution is -0.186. The van der Waals surface area contributed by atoms with Crippen LogP contribution >= 0.6 is 0 Å². The SMILES string of the molecule is NC(=NCC1COC2(CCCCC2)O1)Nc1ccccn1. The number of guanidine groups is 1. The Balaban J connectivity index is 1.50. The summed E-state index contributed by atoms with van der Waals surface area (Å²) in [6.07, 6.45) is 7.32. The van der Waals surface area contributed by atoms with E-state index in [1.807, 2.05) is 18.2 Å². The van der Waals surface area contributed by atoms with E-state index in [4.69, 9.17) is 15.2 Å². The van der Waals surface area contributed by atoms with Crippen molar-refractivity contribution in [2.24, 2.45) is 10.7 Å². The van der Waals surface area contributed by atoms with Crippen molar-refractivity contribution in [2.75, 3.05) is 18.5 Å². The second-order valence-electron chi connectivity index (χ2n) is 5.59. The number of rotatable bonds is 3. The fraction of sp³-hybridized carbons (Fsp3) is 0.600. The summed E-state index contributed by atoms with van der Waals surface area (Å²) in [6.45, 7) is 1.10. The van der Waals surface area contributed by atoms with Gasteiger partial charge < -0.3 is 20.5 Å². The minimum atomic E-state index is -0.346. The molecule has 1 saturated heterocycles. The van der Waals surface area contributed by atoms with Gasteiger partial charge in [-0.25, -0.2) is 4.98 Å². The molecule has 2 aliphatic rings. The maximum absolute atomic E-state index is 6.06. The van der Waals surface area contributed by atoms with Gasteiger partial charge in [0.05, 0.1) is 13.2 Å². The predicted octanol–water partition coefficient (Wildman–Crippen LogP) is 1.88. The van der Waals surface area contributed by atoms with E-state index in [1.165, 1.54) is 19.3 Å². The molecule has 21 heavy (non-hydrogen) atoms. The molecular formula is C15H22N4O2. The fourth-order valence-corrected chi connectivity index (χ4v) is 2.87. The third-order valence-electron chi connectivity index (χ3n) is 3.92. The van der Waals surface area contributed by atoms with Crippen LogP contribution in [0.15, 0.2) is 29.4 Å². The number of ether oxygens (including phenoxy) is 2. The van der Waals surface area contributed by atoms with Crippen LogP contribution in [0.4, 0.5) is 5.82 Å². The lowest BCUT2D eigenvalue weighted by Gasteiger charge is -2.31. The number of aromatic nitrogens is 1. The van der Waals surface area contributed by atoms with Crippen molar-refractivity contribution in [1.82, 2.24) is 4.98 Å². The molecule has 2 heterocycles. The van der Waals surface area contributed by atoms with Crippen LogP contribution in [0.5, 0.6) is 0 Å². The van der Waals surface area contributed by atoms with Crippen molar-refractivity contribution >= 4 is 11.8 Å². The van der Waals surface area contributed by atoms with Crippen molar-refractivity contribution in [3.05, 3.63) is 24.4 Å². The van der Waals surface area contributed by atoms with E-state index in [2.05, 4.69) is 15.3 Å². The Bertz CT molecular complexity index is 486. The Morgan fingerprint density at radius 3 is 3.00 bits per heavy atom. The van der Waals surface area contributed by atoms with Crippen LogP contribution < -0.4 is 11.1 Å². The fourth-order valence-electron chi connectivity index (χ4n) is 2.87. The van der Waals surface area contributed by atoms with Gasteiger partial charge in [0.1, 0.15) is 11.9 Å². The van der Waals surface area contributed by atoms with E-state index in [1.54, 1.807) is 6.20 Å². The number of anilines is 1. The highest BCUT2D eigenvalue weighted by molar-refractivity contribution is 5.91. The average molecular weight is 290 g/mol. The number of nitrogens with zero attached hydrogens (tertiary/aromatic N) is 2. The van der Waals surface area contributed by atoms with E-state index in [0.717, 1.165) is 12.8 Å². The maximum Gasteiger partial charge on any atom is 0.194 e. The van der Waals surface area contributed by atoms with Gasteiger partial charge in [0.15, 0.2) is 11.7 Å². The zero-order valence-corrected chi connectivity index (χ0v) is 12.1. The average Bonchev–Trinajstić information content (AvgIpc) is 2.90. The quantitative estimate of drug-likeness (QED) is 0.656. The number of aliphatic imine (C=N–C) groups is 1. The summed E-state index contributed by atoms with van der Waals surface area (Å²) in [5.41, 5.74) is 5.86. The lowest BCUT2D eigenvalue weighted by atomic mass is 9.94. The van der Waals surface area contributed by atoms with Gasteiger partial charge in [-0.1, -0.05) is 12.5 Å². The first-order chi connectivity index (χ1) is 10.3. The van der Waals surface area contributed by atoms with Gasteiger partial charge in [-0.3, -0.25) is 4.99 Å². The van der Waals surface area contributed by atoms with Crippen LogP contribution in [0.25, 0.3) is 0 Å². The number of pyridine rings is 1. The van der Waals surface area contributed by atoms with Crippen LogP contribution in [0, 0.1) is 0 Å². The van der Waals surface area contributed by atoms with E-state index < -0.39 is 0 Å². The topological polar surface area (TPSA) is 81.8 Å². The van der Waals surface area contributed by atoms with Gasteiger partial charge in [-0.15, -0.1) is 0 Å². The Hall–Kier alpha value is -1.66. The second-order valence-corrected chi connectivity index (χ2v) is 5.59.